The highest BCUT2D eigenvalue weighted by Gasteiger charge is 2.29. The van der Waals surface area contributed by atoms with Crippen LogP contribution in [0.15, 0.2) is 16.6 Å². The smallest absolute Gasteiger partial charge is 0.123 e. The van der Waals surface area contributed by atoms with Crippen LogP contribution in [0.2, 0.25) is 0 Å². The van der Waals surface area contributed by atoms with Gasteiger partial charge in [0.15, 0.2) is 0 Å². The maximum absolute atomic E-state index is 5.81. The molecule has 2 unspecified atom stereocenters. The molecule has 1 aromatic carbocycles. The summed E-state index contributed by atoms with van der Waals surface area (Å²) in [6, 6.07) is 4.67. The molecular weight excluding hydrogens is 290 g/mol. The molecule has 1 aliphatic carbocycles. The molecule has 1 aromatic rings. The second-order valence-electron chi connectivity index (χ2n) is 4.89. The summed E-state index contributed by atoms with van der Waals surface area (Å²) >= 11 is 3.71. The zero-order chi connectivity index (χ0) is 13.1. The predicted octanol–water partition coefficient (Wildman–Crippen LogP) is 4.40. The summed E-state index contributed by atoms with van der Waals surface area (Å²) in [5.41, 5.74) is 2.80. The van der Waals surface area contributed by atoms with Crippen LogP contribution in [0, 0.1) is 0 Å². The lowest BCUT2D eigenvalue weighted by atomic mass is 9.80. The summed E-state index contributed by atoms with van der Waals surface area (Å²) in [6.45, 7) is 8.24. The molecule has 1 N–H and O–H groups in total. The van der Waals surface area contributed by atoms with Gasteiger partial charge in [-0.2, -0.15) is 0 Å². The van der Waals surface area contributed by atoms with E-state index in [1.807, 2.05) is 6.92 Å². The van der Waals surface area contributed by atoms with Crippen molar-refractivity contribution in [2.75, 3.05) is 13.2 Å². The summed E-state index contributed by atoms with van der Waals surface area (Å²) in [6.07, 6.45) is 2.43. The molecule has 0 saturated carbocycles. The van der Waals surface area contributed by atoms with E-state index >= 15 is 0 Å². The van der Waals surface area contributed by atoms with Crippen LogP contribution < -0.4 is 10.1 Å². The molecule has 2 nitrogen and oxygen atoms in total. The van der Waals surface area contributed by atoms with Crippen molar-refractivity contribution < 1.29 is 4.74 Å². The van der Waals surface area contributed by atoms with Crippen LogP contribution >= 0.6 is 15.9 Å². The minimum absolute atomic E-state index is 0.455. The van der Waals surface area contributed by atoms with Gasteiger partial charge in [0.05, 0.1) is 6.61 Å². The first-order valence-electron chi connectivity index (χ1n) is 6.87. The Bertz CT molecular complexity index is 419. The lowest BCUT2D eigenvalue weighted by Gasteiger charge is -2.32. The van der Waals surface area contributed by atoms with E-state index in [4.69, 9.17) is 4.74 Å². The van der Waals surface area contributed by atoms with Gasteiger partial charge in [0.1, 0.15) is 5.75 Å². The highest BCUT2D eigenvalue weighted by Crippen LogP contribution is 2.45. The van der Waals surface area contributed by atoms with Gasteiger partial charge in [-0.25, -0.2) is 0 Å². The number of rotatable bonds is 4. The Morgan fingerprint density at radius 1 is 1.28 bits per heavy atom. The van der Waals surface area contributed by atoms with Crippen molar-refractivity contribution in [2.45, 2.75) is 45.6 Å². The van der Waals surface area contributed by atoms with Crippen LogP contribution in [0.1, 0.15) is 56.7 Å². The molecular formula is C15H22BrNO. The first kappa shape index (κ1) is 13.9. The molecule has 0 aromatic heterocycles. The van der Waals surface area contributed by atoms with Crippen molar-refractivity contribution in [1.29, 1.82) is 0 Å². The molecule has 2 rings (SSSR count). The Morgan fingerprint density at radius 3 is 2.72 bits per heavy atom. The molecule has 18 heavy (non-hydrogen) atoms. The van der Waals surface area contributed by atoms with Gasteiger partial charge >= 0.3 is 0 Å². The molecule has 3 heteroatoms. The molecule has 0 heterocycles. The topological polar surface area (TPSA) is 21.3 Å². The monoisotopic (exact) mass is 311 g/mol. The standard InChI is InChI=1S/C15H22BrNO/c1-4-17-12-8-6-10(3)14-13(18-5-2)9-7-11(16)15(12)14/h7,9-10,12,17H,4-6,8H2,1-3H3. The molecule has 0 fully saturated rings. The number of hydrogen-bond donors (Lipinski definition) is 1. The summed E-state index contributed by atoms with van der Waals surface area (Å²) in [7, 11) is 0. The van der Waals surface area contributed by atoms with Crippen LogP contribution in [0.25, 0.3) is 0 Å². The third kappa shape index (κ3) is 2.57. The fourth-order valence-corrected chi connectivity index (χ4v) is 3.51. The number of nitrogens with one attached hydrogen (secondary N) is 1. The first-order chi connectivity index (χ1) is 8.69. The van der Waals surface area contributed by atoms with Gasteiger partial charge in [-0.1, -0.05) is 29.8 Å². The Morgan fingerprint density at radius 2 is 2.06 bits per heavy atom. The van der Waals surface area contributed by atoms with Crippen LogP contribution in [-0.4, -0.2) is 13.2 Å². The molecule has 0 saturated heterocycles. The van der Waals surface area contributed by atoms with Crippen molar-refractivity contribution >= 4 is 15.9 Å². The van der Waals surface area contributed by atoms with E-state index in [-0.39, 0.29) is 0 Å². The molecule has 0 aliphatic heterocycles. The molecule has 100 valence electrons. The number of halogens is 1. The lowest BCUT2D eigenvalue weighted by molar-refractivity contribution is 0.326. The average Bonchev–Trinajstić information content (AvgIpc) is 2.36. The zero-order valence-electron chi connectivity index (χ0n) is 11.4. The maximum Gasteiger partial charge on any atom is 0.123 e. The van der Waals surface area contributed by atoms with Gasteiger partial charge in [0.2, 0.25) is 0 Å². The Hall–Kier alpha value is -0.540. The molecule has 0 radical (unpaired) electrons. The van der Waals surface area contributed by atoms with Crippen molar-refractivity contribution in [3.05, 3.63) is 27.7 Å². The van der Waals surface area contributed by atoms with Gasteiger partial charge in [0, 0.05) is 16.1 Å². The van der Waals surface area contributed by atoms with Crippen molar-refractivity contribution in [2.24, 2.45) is 0 Å². The first-order valence-corrected chi connectivity index (χ1v) is 7.66. The van der Waals surface area contributed by atoms with Crippen molar-refractivity contribution in [3.8, 4) is 5.75 Å². The minimum atomic E-state index is 0.455. The van der Waals surface area contributed by atoms with Gasteiger partial charge in [-0.05, 0) is 49.9 Å². The molecule has 0 spiro atoms. The van der Waals surface area contributed by atoms with Gasteiger partial charge in [0.25, 0.3) is 0 Å². The number of hydrogen-bond acceptors (Lipinski definition) is 2. The molecule has 0 amide bonds. The van der Waals surface area contributed by atoms with E-state index in [9.17, 15) is 0 Å². The fourth-order valence-electron chi connectivity index (χ4n) is 2.89. The summed E-state index contributed by atoms with van der Waals surface area (Å²) in [4.78, 5) is 0. The third-order valence-electron chi connectivity index (χ3n) is 3.67. The van der Waals surface area contributed by atoms with E-state index in [1.54, 1.807) is 0 Å². The van der Waals surface area contributed by atoms with Crippen molar-refractivity contribution in [1.82, 2.24) is 5.32 Å². The largest absolute Gasteiger partial charge is 0.494 e. The second-order valence-corrected chi connectivity index (χ2v) is 5.75. The van der Waals surface area contributed by atoms with E-state index in [1.165, 1.54) is 28.4 Å². The molecule has 1 aliphatic rings. The van der Waals surface area contributed by atoms with Crippen LogP contribution in [-0.2, 0) is 0 Å². The minimum Gasteiger partial charge on any atom is -0.494 e. The zero-order valence-corrected chi connectivity index (χ0v) is 13.0. The summed E-state index contributed by atoms with van der Waals surface area (Å²) in [5.74, 6) is 1.64. The Balaban J connectivity index is 2.49. The third-order valence-corrected chi connectivity index (χ3v) is 4.37. The lowest BCUT2D eigenvalue weighted by Crippen LogP contribution is -2.27. The normalized spacial score (nSPS) is 22.7. The highest BCUT2D eigenvalue weighted by atomic mass is 79.9. The van der Waals surface area contributed by atoms with E-state index in [0.29, 0.717) is 12.0 Å². The maximum atomic E-state index is 5.81. The second kappa shape index (κ2) is 6.07. The van der Waals surface area contributed by atoms with Crippen LogP contribution in [0.4, 0.5) is 0 Å². The predicted molar refractivity (Wildman–Crippen MR) is 79.4 cm³/mol. The quantitative estimate of drug-likeness (QED) is 0.890. The molecule has 0 bridgehead atoms. The fraction of sp³-hybridized carbons (Fsp3) is 0.600. The Labute approximate surface area is 118 Å². The van der Waals surface area contributed by atoms with Crippen LogP contribution in [0.3, 0.4) is 0 Å². The Kier molecular flexibility index (Phi) is 4.68. The van der Waals surface area contributed by atoms with E-state index < -0.39 is 0 Å². The van der Waals surface area contributed by atoms with Gasteiger partial charge in [-0.3, -0.25) is 0 Å². The summed E-state index contributed by atoms with van der Waals surface area (Å²) < 4.78 is 7.01. The molecule has 2 atom stereocenters. The van der Waals surface area contributed by atoms with E-state index in [2.05, 4.69) is 47.2 Å². The SMILES string of the molecule is CCNC1CCC(C)c2c(OCC)ccc(Br)c21. The van der Waals surface area contributed by atoms with Gasteiger partial charge < -0.3 is 10.1 Å². The van der Waals surface area contributed by atoms with Crippen LogP contribution in [0.5, 0.6) is 5.75 Å². The number of ether oxygens (including phenoxy) is 1. The number of benzene rings is 1. The summed E-state index contributed by atoms with van der Waals surface area (Å²) in [5, 5.41) is 3.59. The number of fused-ring (bicyclic) bond motifs is 1. The average molecular weight is 312 g/mol. The van der Waals surface area contributed by atoms with E-state index in [0.717, 1.165) is 18.9 Å². The van der Waals surface area contributed by atoms with Crippen molar-refractivity contribution in [3.63, 3.8) is 0 Å². The van der Waals surface area contributed by atoms with Gasteiger partial charge in [-0.15, -0.1) is 0 Å². The highest BCUT2D eigenvalue weighted by molar-refractivity contribution is 9.10.